The van der Waals surface area contributed by atoms with Crippen LogP contribution in [0, 0.1) is 5.82 Å². The molecule has 1 rings (SSSR count). The van der Waals surface area contributed by atoms with Gasteiger partial charge in [0.25, 0.3) is 0 Å². The molecule has 0 heterocycles. The Balaban J connectivity index is 2.46. The number of thioether (sulfide) groups is 1. The summed E-state index contributed by atoms with van der Waals surface area (Å²) >= 11 is 1.26. The molecule has 0 saturated carbocycles. The maximum atomic E-state index is 13.0. The van der Waals surface area contributed by atoms with Crippen molar-refractivity contribution < 1.29 is 14.3 Å². The van der Waals surface area contributed by atoms with Crippen LogP contribution in [0.3, 0.4) is 0 Å². The van der Waals surface area contributed by atoms with Gasteiger partial charge in [0.2, 0.25) is 0 Å². The molecule has 0 bridgehead atoms. The smallest absolute Gasteiger partial charge is 0.328 e. The molecule has 74 valence electrons. The Kier molecular flexibility index (Phi) is 4.19. The number of benzene rings is 1. The molecular formula is C10H9FO2S. The summed E-state index contributed by atoms with van der Waals surface area (Å²) in [6.07, 6.45) is 2.54. The summed E-state index contributed by atoms with van der Waals surface area (Å²) in [5.41, 5.74) is 0. The normalized spacial score (nSPS) is 10.6. The number of aliphatic carboxylic acids is 1. The van der Waals surface area contributed by atoms with Crippen LogP contribution in [0.4, 0.5) is 4.39 Å². The lowest BCUT2D eigenvalue weighted by molar-refractivity contribution is -0.131. The maximum Gasteiger partial charge on any atom is 0.328 e. The standard InChI is InChI=1S/C10H9FO2S/c11-8-4-1-2-5-9(8)14-7-3-6-10(12)13/h1-6H,7H2,(H,12,13)/b6-3+. The van der Waals surface area contributed by atoms with Crippen LogP contribution >= 0.6 is 11.8 Å². The molecule has 0 aromatic heterocycles. The lowest BCUT2D eigenvalue weighted by Crippen LogP contribution is -1.86. The third kappa shape index (κ3) is 3.62. The molecule has 0 saturated heterocycles. The zero-order valence-electron chi connectivity index (χ0n) is 7.31. The maximum absolute atomic E-state index is 13.0. The molecule has 2 nitrogen and oxygen atoms in total. The van der Waals surface area contributed by atoms with Crippen molar-refractivity contribution in [1.29, 1.82) is 0 Å². The van der Waals surface area contributed by atoms with Gasteiger partial charge in [-0.25, -0.2) is 9.18 Å². The molecule has 0 spiro atoms. The van der Waals surface area contributed by atoms with E-state index in [0.29, 0.717) is 10.6 Å². The Morgan fingerprint density at radius 3 is 2.86 bits per heavy atom. The lowest BCUT2D eigenvalue weighted by Gasteiger charge is -1.98. The van der Waals surface area contributed by atoms with E-state index < -0.39 is 5.97 Å². The van der Waals surface area contributed by atoms with Crippen LogP contribution in [0.2, 0.25) is 0 Å². The van der Waals surface area contributed by atoms with Crippen LogP contribution in [-0.4, -0.2) is 16.8 Å². The monoisotopic (exact) mass is 212 g/mol. The van der Waals surface area contributed by atoms with Gasteiger partial charge in [-0.15, -0.1) is 11.8 Å². The van der Waals surface area contributed by atoms with Gasteiger partial charge in [-0.1, -0.05) is 18.2 Å². The number of carboxylic acids is 1. The summed E-state index contributed by atoms with van der Waals surface area (Å²) in [5, 5.41) is 8.30. The second kappa shape index (κ2) is 5.44. The molecular weight excluding hydrogens is 203 g/mol. The van der Waals surface area contributed by atoms with Crippen molar-refractivity contribution in [3.8, 4) is 0 Å². The molecule has 0 fully saturated rings. The zero-order valence-corrected chi connectivity index (χ0v) is 8.13. The molecule has 1 N–H and O–H groups in total. The number of halogens is 1. The summed E-state index contributed by atoms with van der Waals surface area (Å²) in [6.45, 7) is 0. The van der Waals surface area contributed by atoms with Crippen LogP contribution in [0.1, 0.15) is 0 Å². The summed E-state index contributed by atoms with van der Waals surface area (Å²) < 4.78 is 13.0. The molecule has 1 aromatic carbocycles. The first kappa shape index (κ1) is 10.8. The summed E-state index contributed by atoms with van der Waals surface area (Å²) in [7, 11) is 0. The molecule has 0 aliphatic heterocycles. The van der Waals surface area contributed by atoms with Crippen molar-refractivity contribution in [2.45, 2.75) is 4.90 Å². The van der Waals surface area contributed by atoms with E-state index in [0.717, 1.165) is 6.08 Å². The fourth-order valence-electron chi connectivity index (χ4n) is 0.849. The van der Waals surface area contributed by atoms with E-state index in [4.69, 9.17) is 5.11 Å². The number of hydrogen-bond acceptors (Lipinski definition) is 2. The number of carbonyl (C=O) groups is 1. The Bertz CT molecular complexity index is 350. The second-order valence-corrected chi connectivity index (χ2v) is 3.54. The van der Waals surface area contributed by atoms with Crippen molar-refractivity contribution in [3.05, 3.63) is 42.2 Å². The second-order valence-electron chi connectivity index (χ2n) is 2.48. The highest BCUT2D eigenvalue weighted by molar-refractivity contribution is 7.99. The topological polar surface area (TPSA) is 37.3 Å². The Morgan fingerprint density at radius 1 is 1.50 bits per heavy atom. The average Bonchev–Trinajstić information content (AvgIpc) is 2.15. The SMILES string of the molecule is O=C(O)/C=C/CSc1ccccc1F. The van der Waals surface area contributed by atoms with Gasteiger partial charge < -0.3 is 5.11 Å². The number of hydrogen-bond donors (Lipinski definition) is 1. The molecule has 0 atom stereocenters. The zero-order chi connectivity index (χ0) is 10.4. The first-order valence-electron chi connectivity index (χ1n) is 3.97. The van der Waals surface area contributed by atoms with Crippen molar-refractivity contribution in [2.75, 3.05) is 5.75 Å². The van der Waals surface area contributed by atoms with Gasteiger partial charge >= 0.3 is 5.97 Å². The summed E-state index contributed by atoms with van der Waals surface area (Å²) in [6, 6.07) is 6.40. The molecule has 0 radical (unpaired) electrons. The largest absolute Gasteiger partial charge is 0.478 e. The molecule has 0 aliphatic rings. The minimum atomic E-state index is -0.987. The van der Waals surface area contributed by atoms with E-state index in [1.54, 1.807) is 18.2 Å². The van der Waals surface area contributed by atoms with E-state index in [1.165, 1.54) is 23.9 Å². The van der Waals surface area contributed by atoms with Crippen molar-refractivity contribution in [2.24, 2.45) is 0 Å². The van der Waals surface area contributed by atoms with Gasteiger partial charge in [0, 0.05) is 16.7 Å². The molecule has 4 heteroatoms. The van der Waals surface area contributed by atoms with Gasteiger partial charge in [0.1, 0.15) is 5.82 Å². The van der Waals surface area contributed by atoms with Gasteiger partial charge in [-0.05, 0) is 12.1 Å². The summed E-state index contributed by atoms with van der Waals surface area (Å²) in [4.78, 5) is 10.6. The minimum Gasteiger partial charge on any atom is -0.478 e. The average molecular weight is 212 g/mol. The molecule has 1 aromatic rings. The van der Waals surface area contributed by atoms with Crippen LogP contribution < -0.4 is 0 Å². The fraction of sp³-hybridized carbons (Fsp3) is 0.100. The highest BCUT2D eigenvalue weighted by Gasteiger charge is 1.98. The predicted molar refractivity (Wildman–Crippen MR) is 53.9 cm³/mol. The third-order valence-electron chi connectivity index (χ3n) is 1.43. The minimum absolute atomic E-state index is 0.277. The van der Waals surface area contributed by atoms with E-state index in [2.05, 4.69) is 0 Å². The first-order valence-corrected chi connectivity index (χ1v) is 4.95. The van der Waals surface area contributed by atoms with Crippen molar-refractivity contribution in [1.82, 2.24) is 0 Å². The van der Waals surface area contributed by atoms with E-state index in [1.807, 2.05) is 0 Å². The Hall–Kier alpha value is -1.29. The number of carboxylic acid groups (broad SMARTS) is 1. The van der Waals surface area contributed by atoms with Gasteiger partial charge in [-0.3, -0.25) is 0 Å². The molecule has 0 aliphatic carbocycles. The quantitative estimate of drug-likeness (QED) is 0.615. The van der Waals surface area contributed by atoms with Gasteiger partial charge in [-0.2, -0.15) is 0 Å². The van der Waals surface area contributed by atoms with Gasteiger partial charge in [0.05, 0.1) is 0 Å². The Labute approximate surface area is 85.4 Å². The molecule has 0 unspecified atom stereocenters. The van der Waals surface area contributed by atoms with Crippen molar-refractivity contribution in [3.63, 3.8) is 0 Å². The third-order valence-corrected chi connectivity index (χ3v) is 2.43. The summed E-state index contributed by atoms with van der Waals surface area (Å²) in [5.74, 6) is -0.812. The van der Waals surface area contributed by atoms with Crippen LogP contribution in [0.15, 0.2) is 41.3 Å². The van der Waals surface area contributed by atoms with E-state index in [-0.39, 0.29) is 5.82 Å². The lowest BCUT2D eigenvalue weighted by atomic mass is 10.3. The van der Waals surface area contributed by atoms with Crippen LogP contribution in [-0.2, 0) is 4.79 Å². The Morgan fingerprint density at radius 2 is 2.21 bits per heavy atom. The highest BCUT2D eigenvalue weighted by Crippen LogP contribution is 2.20. The highest BCUT2D eigenvalue weighted by atomic mass is 32.2. The molecule has 14 heavy (non-hydrogen) atoms. The van der Waals surface area contributed by atoms with Crippen molar-refractivity contribution >= 4 is 17.7 Å². The number of rotatable bonds is 4. The predicted octanol–water partition coefficient (Wildman–Crippen LogP) is 2.56. The fourth-order valence-corrected chi connectivity index (χ4v) is 1.60. The van der Waals surface area contributed by atoms with E-state index in [9.17, 15) is 9.18 Å². The van der Waals surface area contributed by atoms with Gasteiger partial charge in [0.15, 0.2) is 0 Å². The van der Waals surface area contributed by atoms with E-state index >= 15 is 0 Å². The van der Waals surface area contributed by atoms with Crippen LogP contribution in [0.25, 0.3) is 0 Å². The molecule has 0 amide bonds. The first-order chi connectivity index (χ1) is 6.70. The van der Waals surface area contributed by atoms with Crippen LogP contribution in [0.5, 0.6) is 0 Å².